The van der Waals surface area contributed by atoms with Gasteiger partial charge >= 0.3 is 6.09 Å². The van der Waals surface area contributed by atoms with Crippen molar-refractivity contribution in [3.63, 3.8) is 0 Å². The third kappa shape index (κ3) is 4.76. The number of halogens is 1. The zero-order valence-electron chi connectivity index (χ0n) is 15.5. The smallest absolute Gasteiger partial charge is 0.412 e. The van der Waals surface area contributed by atoms with Gasteiger partial charge in [0.2, 0.25) is 5.90 Å². The molecule has 0 saturated carbocycles. The van der Waals surface area contributed by atoms with Crippen LogP contribution in [0.4, 0.5) is 10.5 Å². The largest absolute Gasteiger partial charge is 0.473 e. The number of hydrogen-bond acceptors (Lipinski definition) is 4. The average Bonchev–Trinajstić information content (AvgIpc) is 2.77. The molecule has 0 spiro atoms. The summed E-state index contributed by atoms with van der Waals surface area (Å²) in [6.45, 7) is 0.210. The molecule has 1 aliphatic rings. The lowest BCUT2D eigenvalue weighted by molar-refractivity contribution is 0.0441. The predicted octanol–water partition coefficient (Wildman–Crippen LogP) is 5.48. The standard InChI is InChI=1S/C23H19ClN2O3/c24-18-11-13-19(14-12-18)25-23(27)29-20-15-28-22(17-9-5-2-6-10-17)26-21(20)16-7-3-1-4-8-16/h1-14,20-21H,15H2,(H,25,27). The van der Waals surface area contributed by atoms with Gasteiger partial charge in [-0.1, -0.05) is 60.1 Å². The summed E-state index contributed by atoms with van der Waals surface area (Å²) >= 11 is 5.88. The molecule has 29 heavy (non-hydrogen) atoms. The van der Waals surface area contributed by atoms with Gasteiger partial charge in [-0.05, 0) is 42.0 Å². The van der Waals surface area contributed by atoms with Gasteiger partial charge in [0.05, 0.1) is 0 Å². The molecule has 0 radical (unpaired) electrons. The number of anilines is 1. The third-order valence-electron chi connectivity index (χ3n) is 4.50. The van der Waals surface area contributed by atoms with Gasteiger partial charge in [0, 0.05) is 16.3 Å². The lowest BCUT2D eigenvalue weighted by Gasteiger charge is -2.30. The van der Waals surface area contributed by atoms with Crippen molar-refractivity contribution in [2.75, 3.05) is 11.9 Å². The number of carbonyl (C=O) groups is 1. The van der Waals surface area contributed by atoms with Crippen molar-refractivity contribution in [2.24, 2.45) is 4.99 Å². The number of ether oxygens (including phenoxy) is 2. The number of benzene rings is 3. The number of nitrogens with one attached hydrogen (secondary N) is 1. The monoisotopic (exact) mass is 406 g/mol. The zero-order chi connectivity index (χ0) is 20.1. The minimum atomic E-state index is -0.569. The van der Waals surface area contributed by atoms with Crippen LogP contribution in [0, 0.1) is 0 Å². The van der Waals surface area contributed by atoms with Crippen LogP contribution in [0.15, 0.2) is 89.9 Å². The molecule has 1 heterocycles. The number of amides is 1. The summed E-state index contributed by atoms with van der Waals surface area (Å²) in [6.07, 6.45) is -1.13. The molecule has 3 aromatic rings. The van der Waals surface area contributed by atoms with E-state index < -0.39 is 12.2 Å². The van der Waals surface area contributed by atoms with Crippen LogP contribution in [0.25, 0.3) is 0 Å². The van der Waals surface area contributed by atoms with Crippen molar-refractivity contribution in [3.8, 4) is 0 Å². The normalized spacial score (nSPS) is 18.3. The van der Waals surface area contributed by atoms with E-state index in [2.05, 4.69) is 5.32 Å². The van der Waals surface area contributed by atoms with E-state index in [0.29, 0.717) is 16.6 Å². The molecular formula is C23H19ClN2O3. The average molecular weight is 407 g/mol. The van der Waals surface area contributed by atoms with E-state index in [4.69, 9.17) is 26.1 Å². The Morgan fingerprint density at radius 2 is 1.62 bits per heavy atom. The maximum atomic E-state index is 12.4. The van der Waals surface area contributed by atoms with Crippen LogP contribution >= 0.6 is 11.6 Å². The molecule has 0 aliphatic carbocycles. The van der Waals surface area contributed by atoms with Crippen LogP contribution in [0.1, 0.15) is 17.2 Å². The molecule has 3 aromatic carbocycles. The van der Waals surface area contributed by atoms with Gasteiger partial charge in [0.15, 0.2) is 6.10 Å². The highest BCUT2D eigenvalue weighted by atomic mass is 35.5. The molecule has 0 aromatic heterocycles. The number of hydrogen-bond donors (Lipinski definition) is 1. The fourth-order valence-electron chi connectivity index (χ4n) is 3.09. The summed E-state index contributed by atoms with van der Waals surface area (Å²) in [6, 6.07) is 25.9. The molecule has 146 valence electrons. The molecule has 0 bridgehead atoms. The first kappa shape index (κ1) is 19.0. The van der Waals surface area contributed by atoms with Crippen molar-refractivity contribution in [3.05, 3.63) is 101 Å². The summed E-state index contributed by atoms with van der Waals surface area (Å²) in [4.78, 5) is 17.2. The van der Waals surface area contributed by atoms with E-state index in [0.717, 1.165) is 11.1 Å². The second-order valence-corrected chi connectivity index (χ2v) is 6.98. The molecule has 1 aliphatic heterocycles. The Morgan fingerprint density at radius 3 is 2.31 bits per heavy atom. The Morgan fingerprint density at radius 1 is 0.966 bits per heavy atom. The highest BCUT2D eigenvalue weighted by Crippen LogP contribution is 2.29. The Labute approximate surface area is 174 Å². The first-order valence-corrected chi connectivity index (χ1v) is 9.61. The van der Waals surface area contributed by atoms with E-state index in [1.165, 1.54) is 0 Å². The third-order valence-corrected chi connectivity index (χ3v) is 4.76. The Hall–Kier alpha value is -3.31. The molecule has 6 heteroatoms. The van der Waals surface area contributed by atoms with Crippen LogP contribution in [0.5, 0.6) is 0 Å². The maximum Gasteiger partial charge on any atom is 0.412 e. The van der Waals surface area contributed by atoms with Crippen molar-refractivity contribution < 1.29 is 14.3 Å². The molecule has 2 atom stereocenters. The van der Waals surface area contributed by atoms with Gasteiger partial charge in [-0.15, -0.1) is 0 Å². The fraction of sp³-hybridized carbons (Fsp3) is 0.130. The van der Waals surface area contributed by atoms with Crippen molar-refractivity contribution in [2.45, 2.75) is 12.1 Å². The summed E-state index contributed by atoms with van der Waals surface area (Å²) in [5.74, 6) is 0.539. The van der Waals surface area contributed by atoms with E-state index in [9.17, 15) is 4.79 Å². The van der Waals surface area contributed by atoms with Gasteiger partial charge in [0.25, 0.3) is 0 Å². The summed E-state index contributed by atoms with van der Waals surface area (Å²) < 4.78 is 11.5. The minimum Gasteiger partial charge on any atom is -0.473 e. The van der Waals surface area contributed by atoms with Crippen LogP contribution in [-0.2, 0) is 9.47 Å². The van der Waals surface area contributed by atoms with Crippen LogP contribution in [0.2, 0.25) is 5.02 Å². The van der Waals surface area contributed by atoms with E-state index >= 15 is 0 Å². The quantitative estimate of drug-likeness (QED) is 0.624. The second kappa shape index (κ2) is 8.80. The van der Waals surface area contributed by atoms with Crippen molar-refractivity contribution in [1.82, 2.24) is 0 Å². The molecule has 0 saturated heterocycles. The number of rotatable bonds is 4. The molecule has 0 fully saturated rings. The van der Waals surface area contributed by atoms with Crippen molar-refractivity contribution >= 4 is 29.3 Å². The minimum absolute atomic E-state index is 0.210. The first-order chi connectivity index (χ1) is 14.2. The van der Waals surface area contributed by atoms with Gasteiger partial charge in [0.1, 0.15) is 12.6 Å². The Balaban J connectivity index is 1.54. The number of aliphatic imine (C=N–C) groups is 1. The molecule has 1 N–H and O–H groups in total. The second-order valence-electron chi connectivity index (χ2n) is 6.54. The van der Waals surface area contributed by atoms with E-state index in [-0.39, 0.29) is 12.6 Å². The number of carbonyl (C=O) groups excluding carboxylic acids is 1. The highest BCUT2D eigenvalue weighted by molar-refractivity contribution is 6.30. The van der Waals surface area contributed by atoms with Crippen LogP contribution in [-0.4, -0.2) is 24.7 Å². The first-order valence-electron chi connectivity index (χ1n) is 9.23. The van der Waals surface area contributed by atoms with E-state index in [1.807, 2.05) is 60.7 Å². The Kier molecular flexibility index (Phi) is 5.77. The summed E-state index contributed by atoms with van der Waals surface area (Å²) in [5.41, 5.74) is 2.44. The molecular weight excluding hydrogens is 388 g/mol. The molecule has 2 unspecified atom stereocenters. The highest BCUT2D eigenvalue weighted by Gasteiger charge is 2.32. The van der Waals surface area contributed by atoms with Gasteiger partial charge in [-0.25, -0.2) is 9.79 Å². The zero-order valence-corrected chi connectivity index (χ0v) is 16.3. The lowest BCUT2D eigenvalue weighted by atomic mass is 10.0. The maximum absolute atomic E-state index is 12.4. The van der Waals surface area contributed by atoms with Crippen molar-refractivity contribution in [1.29, 1.82) is 0 Å². The number of nitrogens with zero attached hydrogens (tertiary/aromatic N) is 1. The lowest BCUT2D eigenvalue weighted by Crippen LogP contribution is -2.36. The van der Waals surface area contributed by atoms with Crippen LogP contribution < -0.4 is 5.32 Å². The molecule has 1 amide bonds. The predicted molar refractivity (Wildman–Crippen MR) is 113 cm³/mol. The Bertz CT molecular complexity index is 992. The van der Waals surface area contributed by atoms with Gasteiger partial charge < -0.3 is 9.47 Å². The van der Waals surface area contributed by atoms with Crippen LogP contribution in [0.3, 0.4) is 0 Å². The summed E-state index contributed by atoms with van der Waals surface area (Å²) in [7, 11) is 0. The summed E-state index contributed by atoms with van der Waals surface area (Å²) in [5, 5.41) is 3.30. The fourth-order valence-corrected chi connectivity index (χ4v) is 3.22. The van der Waals surface area contributed by atoms with E-state index in [1.54, 1.807) is 24.3 Å². The van der Waals surface area contributed by atoms with Gasteiger partial charge in [-0.2, -0.15) is 0 Å². The van der Waals surface area contributed by atoms with Gasteiger partial charge in [-0.3, -0.25) is 5.32 Å². The molecule has 5 nitrogen and oxygen atoms in total. The SMILES string of the molecule is O=C(Nc1ccc(Cl)cc1)OC1COC(c2ccccc2)=NC1c1ccccc1. The topological polar surface area (TPSA) is 59.9 Å². The molecule has 4 rings (SSSR count).